The summed E-state index contributed by atoms with van der Waals surface area (Å²) in [7, 11) is 0. The number of piperidine rings is 1. The number of benzene rings is 1. The molecule has 28 heavy (non-hydrogen) atoms. The molecule has 1 saturated heterocycles. The molecule has 2 N–H and O–H groups in total. The lowest BCUT2D eigenvalue weighted by Crippen LogP contribution is -2.40. The Hall–Kier alpha value is -2.19. The molecule has 1 fully saturated rings. The monoisotopic (exact) mass is 421 g/mol. The van der Waals surface area contributed by atoms with Crippen LogP contribution in [0.4, 0.5) is 0 Å². The van der Waals surface area contributed by atoms with E-state index in [-0.39, 0.29) is 18.4 Å². The van der Waals surface area contributed by atoms with Gasteiger partial charge < -0.3 is 10.2 Å². The Labute approximate surface area is 174 Å². The Morgan fingerprint density at radius 3 is 2.82 bits per heavy atom. The predicted molar refractivity (Wildman–Crippen MR) is 110 cm³/mol. The van der Waals surface area contributed by atoms with E-state index in [1.54, 1.807) is 16.7 Å². The van der Waals surface area contributed by atoms with Crippen LogP contribution in [0.3, 0.4) is 0 Å². The topological polar surface area (TPSA) is 83.0 Å². The minimum Gasteiger partial charge on any atom is -0.354 e. The Morgan fingerprint density at radius 1 is 1.36 bits per heavy atom. The van der Waals surface area contributed by atoms with Gasteiger partial charge in [0.05, 0.1) is 0 Å². The molecule has 1 aliphatic rings. The van der Waals surface area contributed by atoms with Gasteiger partial charge in [0.15, 0.2) is 10.6 Å². The molecule has 0 spiro atoms. The second-order valence-corrected chi connectivity index (χ2v) is 7.96. The molecule has 3 rings (SSSR count). The van der Waals surface area contributed by atoms with Gasteiger partial charge in [-0.15, -0.1) is 0 Å². The van der Waals surface area contributed by atoms with Crippen molar-refractivity contribution < 1.29 is 9.59 Å². The van der Waals surface area contributed by atoms with Crippen LogP contribution in [-0.4, -0.2) is 51.1 Å². The van der Waals surface area contributed by atoms with Crippen molar-refractivity contribution in [1.82, 2.24) is 25.0 Å². The number of rotatable bonds is 6. The van der Waals surface area contributed by atoms with Crippen molar-refractivity contribution in [3.05, 3.63) is 34.1 Å². The summed E-state index contributed by atoms with van der Waals surface area (Å²) in [6.07, 6.45) is 2.52. The first-order valence-electron chi connectivity index (χ1n) is 9.39. The lowest BCUT2D eigenvalue weighted by atomic mass is 10.00. The maximum Gasteiger partial charge on any atom is 0.240 e. The maximum absolute atomic E-state index is 12.3. The summed E-state index contributed by atoms with van der Waals surface area (Å²) >= 11 is 11.2. The number of carbonyl (C=O) groups excluding carboxylic acids is 2. The minimum absolute atomic E-state index is 0.0300. The molecule has 7 nitrogen and oxygen atoms in total. The number of H-pyrrole nitrogens is 1. The average molecular weight is 422 g/mol. The number of nitrogens with zero attached hydrogens (tertiary/aromatic N) is 3. The van der Waals surface area contributed by atoms with E-state index in [9.17, 15) is 9.59 Å². The fraction of sp³-hybridized carbons (Fsp3) is 0.474. The van der Waals surface area contributed by atoms with Crippen LogP contribution >= 0.6 is 23.8 Å². The van der Waals surface area contributed by atoms with Crippen molar-refractivity contribution in [2.24, 2.45) is 5.92 Å². The molecule has 1 aromatic heterocycles. The molecule has 1 aromatic carbocycles. The van der Waals surface area contributed by atoms with Crippen LogP contribution in [0.15, 0.2) is 24.3 Å². The number of carbonyl (C=O) groups is 2. The van der Waals surface area contributed by atoms with Crippen molar-refractivity contribution in [2.45, 2.75) is 32.7 Å². The molecular weight excluding hydrogens is 398 g/mol. The summed E-state index contributed by atoms with van der Waals surface area (Å²) in [5, 5.41) is 10.3. The van der Waals surface area contributed by atoms with Gasteiger partial charge in [0.2, 0.25) is 11.8 Å². The normalized spacial score (nSPS) is 16.8. The molecule has 0 aliphatic carbocycles. The van der Waals surface area contributed by atoms with Crippen LogP contribution in [0.2, 0.25) is 5.02 Å². The van der Waals surface area contributed by atoms with Gasteiger partial charge in [-0.1, -0.05) is 18.5 Å². The minimum atomic E-state index is -0.215. The molecule has 0 saturated carbocycles. The molecular formula is C19H24ClN5O2S. The molecule has 1 aliphatic heterocycles. The molecule has 2 heterocycles. The first kappa shape index (κ1) is 20.5. The van der Waals surface area contributed by atoms with E-state index in [1.165, 1.54) is 6.42 Å². The molecule has 2 amide bonds. The van der Waals surface area contributed by atoms with Gasteiger partial charge >= 0.3 is 0 Å². The largest absolute Gasteiger partial charge is 0.354 e. The summed E-state index contributed by atoms with van der Waals surface area (Å²) in [5.74, 6) is 0.984. The zero-order valence-corrected chi connectivity index (χ0v) is 17.4. The number of aromatic nitrogens is 3. The molecule has 1 unspecified atom stereocenters. The lowest BCUT2D eigenvalue weighted by Gasteiger charge is -2.31. The fourth-order valence-electron chi connectivity index (χ4n) is 3.37. The van der Waals surface area contributed by atoms with Crippen LogP contribution in [0.1, 0.15) is 26.2 Å². The number of hydrogen-bond acceptors (Lipinski definition) is 4. The van der Waals surface area contributed by atoms with E-state index in [0.29, 0.717) is 34.5 Å². The summed E-state index contributed by atoms with van der Waals surface area (Å²) in [6.45, 7) is 4.12. The van der Waals surface area contributed by atoms with Gasteiger partial charge in [0.1, 0.15) is 6.54 Å². The van der Waals surface area contributed by atoms with Gasteiger partial charge in [-0.3, -0.25) is 19.3 Å². The predicted octanol–water partition coefficient (Wildman–Crippen LogP) is 3.03. The number of aromatic amines is 1. The Bertz CT molecular complexity index is 892. The van der Waals surface area contributed by atoms with E-state index in [1.807, 2.05) is 17.0 Å². The smallest absolute Gasteiger partial charge is 0.240 e. The van der Waals surface area contributed by atoms with Crippen molar-refractivity contribution >= 4 is 35.6 Å². The lowest BCUT2D eigenvalue weighted by molar-refractivity contribution is -0.132. The second-order valence-electron chi connectivity index (χ2n) is 7.13. The standard InChI is InChI=1S/C19H24ClN5O2S/c1-13-3-2-10-24(11-13)17(27)8-9-21-16(26)12-25-18(22-23-19(25)28)14-4-6-15(20)7-5-14/h4-7,13H,2-3,8-12H2,1H3,(H,21,26)(H,23,28). The van der Waals surface area contributed by atoms with E-state index in [0.717, 1.165) is 25.1 Å². The van der Waals surface area contributed by atoms with Crippen LogP contribution in [0.5, 0.6) is 0 Å². The van der Waals surface area contributed by atoms with E-state index in [4.69, 9.17) is 23.8 Å². The van der Waals surface area contributed by atoms with Crippen LogP contribution in [-0.2, 0) is 16.1 Å². The molecule has 2 aromatic rings. The second kappa shape index (κ2) is 9.34. The third kappa shape index (κ3) is 5.20. The van der Waals surface area contributed by atoms with Gasteiger partial charge in [0.25, 0.3) is 0 Å². The number of nitrogens with one attached hydrogen (secondary N) is 2. The summed E-state index contributed by atoms with van der Waals surface area (Å²) in [4.78, 5) is 26.5. The van der Waals surface area contributed by atoms with Gasteiger partial charge in [-0.25, -0.2) is 0 Å². The third-order valence-corrected chi connectivity index (χ3v) is 5.40. The van der Waals surface area contributed by atoms with E-state index in [2.05, 4.69) is 22.4 Å². The SMILES string of the molecule is CC1CCCN(C(=O)CCNC(=O)Cn2c(-c3ccc(Cl)cc3)n[nH]c2=S)C1. The number of halogens is 1. The molecule has 1 atom stereocenters. The summed E-state index contributed by atoms with van der Waals surface area (Å²) in [6, 6.07) is 7.15. The van der Waals surface area contributed by atoms with Crippen molar-refractivity contribution in [1.29, 1.82) is 0 Å². The molecule has 9 heteroatoms. The van der Waals surface area contributed by atoms with Crippen molar-refractivity contribution in [3.8, 4) is 11.4 Å². The Kier molecular flexibility index (Phi) is 6.85. The first-order valence-corrected chi connectivity index (χ1v) is 10.2. The maximum atomic E-state index is 12.3. The molecule has 0 radical (unpaired) electrons. The van der Waals surface area contributed by atoms with Crippen LogP contribution in [0.25, 0.3) is 11.4 Å². The number of hydrogen-bond donors (Lipinski definition) is 2. The van der Waals surface area contributed by atoms with E-state index >= 15 is 0 Å². The molecule has 0 bridgehead atoms. The summed E-state index contributed by atoms with van der Waals surface area (Å²) in [5.41, 5.74) is 0.805. The average Bonchev–Trinajstić information content (AvgIpc) is 3.03. The highest BCUT2D eigenvalue weighted by atomic mass is 35.5. The Morgan fingerprint density at radius 2 is 2.11 bits per heavy atom. The van der Waals surface area contributed by atoms with Crippen molar-refractivity contribution in [3.63, 3.8) is 0 Å². The fourth-order valence-corrected chi connectivity index (χ4v) is 3.69. The third-order valence-electron chi connectivity index (χ3n) is 4.83. The highest BCUT2D eigenvalue weighted by Gasteiger charge is 2.20. The van der Waals surface area contributed by atoms with Gasteiger partial charge in [0, 0.05) is 36.6 Å². The zero-order valence-electron chi connectivity index (χ0n) is 15.8. The highest BCUT2D eigenvalue weighted by molar-refractivity contribution is 7.71. The quantitative estimate of drug-likeness (QED) is 0.702. The van der Waals surface area contributed by atoms with Crippen LogP contribution < -0.4 is 5.32 Å². The summed E-state index contributed by atoms with van der Waals surface area (Å²) < 4.78 is 1.99. The van der Waals surface area contributed by atoms with E-state index < -0.39 is 0 Å². The van der Waals surface area contributed by atoms with Crippen molar-refractivity contribution in [2.75, 3.05) is 19.6 Å². The molecule has 150 valence electrons. The highest BCUT2D eigenvalue weighted by Crippen LogP contribution is 2.20. The van der Waals surface area contributed by atoms with Gasteiger partial charge in [-0.2, -0.15) is 5.10 Å². The first-order chi connectivity index (χ1) is 13.4. The zero-order chi connectivity index (χ0) is 20.1. The number of amides is 2. The van der Waals surface area contributed by atoms with Crippen LogP contribution in [0, 0.1) is 10.7 Å². The number of likely N-dealkylation sites (tertiary alicyclic amines) is 1. The van der Waals surface area contributed by atoms with Gasteiger partial charge in [-0.05, 0) is 55.2 Å². The Balaban J connectivity index is 1.54.